The third kappa shape index (κ3) is 4.44. The van der Waals surface area contributed by atoms with Crippen molar-refractivity contribution in [2.45, 2.75) is 52.1 Å². The average Bonchev–Trinajstić information content (AvgIpc) is 3.18. The van der Waals surface area contributed by atoms with Crippen molar-refractivity contribution in [2.75, 3.05) is 6.54 Å². The number of benzene rings is 2. The minimum Gasteiger partial charge on any atom is -0.331 e. The van der Waals surface area contributed by atoms with Crippen LogP contribution >= 0.6 is 11.6 Å². The van der Waals surface area contributed by atoms with Gasteiger partial charge >= 0.3 is 0 Å². The van der Waals surface area contributed by atoms with Gasteiger partial charge in [-0.05, 0) is 37.1 Å². The fourth-order valence-corrected chi connectivity index (χ4v) is 4.31. The van der Waals surface area contributed by atoms with E-state index in [1.54, 1.807) is 0 Å². The topological polar surface area (TPSA) is 38.1 Å². The van der Waals surface area contributed by atoms with Crippen LogP contribution < -0.4 is 0 Å². The fraction of sp³-hybridized carbons (Fsp3) is 0.360. The highest BCUT2D eigenvalue weighted by Gasteiger charge is 2.32. The van der Waals surface area contributed by atoms with Crippen LogP contribution in [-0.4, -0.2) is 27.1 Å². The number of halogens is 1. The SMILES string of the molecule is CCCCCC1CN(Cc2cccc(C)c2)C(=O)c2cc(-c3ccc(Cl)cc3)nn21. The van der Waals surface area contributed by atoms with E-state index in [0.717, 1.165) is 24.1 Å². The summed E-state index contributed by atoms with van der Waals surface area (Å²) in [5.74, 6) is 0.0518. The van der Waals surface area contributed by atoms with Gasteiger partial charge in [-0.2, -0.15) is 5.10 Å². The summed E-state index contributed by atoms with van der Waals surface area (Å²) in [7, 11) is 0. The lowest BCUT2D eigenvalue weighted by Crippen LogP contribution is -2.42. The summed E-state index contributed by atoms with van der Waals surface area (Å²) >= 11 is 6.04. The highest BCUT2D eigenvalue weighted by Crippen LogP contribution is 2.30. The van der Waals surface area contributed by atoms with E-state index in [1.807, 2.05) is 39.9 Å². The molecule has 1 atom stereocenters. The lowest BCUT2D eigenvalue weighted by molar-refractivity contribution is 0.0634. The van der Waals surface area contributed by atoms with Gasteiger partial charge in [0.15, 0.2) is 0 Å². The first-order valence-electron chi connectivity index (χ1n) is 10.8. The van der Waals surface area contributed by atoms with Gasteiger partial charge in [-0.3, -0.25) is 9.48 Å². The van der Waals surface area contributed by atoms with Crippen molar-refractivity contribution < 1.29 is 4.79 Å². The van der Waals surface area contributed by atoms with Crippen LogP contribution in [0.4, 0.5) is 0 Å². The highest BCUT2D eigenvalue weighted by atomic mass is 35.5. The summed E-state index contributed by atoms with van der Waals surface area (Å²) in [4.78, 5) is 15.3. The van der Waals surface area contributed by atoms with E-state index >= 15 is 0 Å². The predicted octanol–water partition coefficient (Wildman–Crippen LogP) is 6.29. The Morgan fingerprint density at radius 2 is 1.90 bits per heavy atom. The van der Waals surface area contributed by atoms with E-state index in [-0.39, 0.29) is 11.9 Å². The predicted molar refractivity (Wildman–Crippen MR) is 122 cm³/mol. The molecule has 5 heteroatoms. The number of hydrogen-bond donors (Lipinski definition) is 0. The van der Waals surface area contributed by atoms with Crippen LogP contribution in [0.25, 0.3) is 11.3 Å². The molecule has 2 aromatic carbocycles. The van der Waals surface area contributed by atoms with Crippen molar-refractivity contribution in [1.29, 1.82) is 0 Å². The van der Waals surface area contributed by atoms with E-state index in [4.69, 9.17) is 16.7 Å². The molecule has 0 saturated carbocycles. The molecule has 4 nitrogen and oxygen atoms in total. The van der Waals surface area contributed by atoms with Gasteiger partial charge in [0, 0.05) is 23.7 Å². The van der Waals surface area contributed by atoms with Crippen LogP contribution in [0.5, 0.6) is 0 Å². The largest absolute Gasteiger partial charge is 0.331 e. The number of aromatic nitrogens is 2. The molecule has 1 aliphatic rings. The third-order valence-electron chi connectivity index (χ3n) is 5.76. The molecule has 1 aliphatic heterocycles. The van der Waals surface area contributed by atoms with Gasteiger partial charge in [0.05, 0.1) is 11.7 Å². The maximum Gasteiger partial charge on any atom is 0.272 e. The number of fused-ring (bicyclic) bond motifs is 1. The normalized spacial score (nSPS) is 16.0. The summed E-state index contributed by atoms with van der Waals surface area (Å²) in [6.45, 7) is 5.63. The Bertz CT molecular complexity index is 1030. The molecule has 3 aromatic rings. The number of amides is 1. The minimum atomic E-state index is 0.0518. The highest BCUT2D eigenvalue weighted by molar-refractivity contribution is 6.30. The lowest BCUT2D eigenvalue weighted by atomic mass is 10.0. The van der Waals surface area contributed by atoms with Crippen molar-refractivity contribution in [3.8, 4) is 11.3 Å². The molecule has 1 aromatic heterocycles. The molecular weight excluding hydrogens is 394 g/mol. The molecule has 0 bridgehead atoms. The first kappa shape index (κ1) is 20.7. The van der Waals surface area contributed by atoms with Crippen LogP contribution in [0.1, 0.15) is 60.3 Å². The van der Waals surface area contributed by atoms with Crippen molar-refractivity contribution in [1.82, 2.24) is 14.7 Å². The summed E-state index contributed by atoms with van der Waals surface area (Å²) in [6.07, 6.45) is 4.55. The Morgan fingerprint density at radius 1 is 1.10 bits per heavy atom. The smallest absolute Gasteiger partial charge is 0.272 e. The molecule has 0 N–H and O–H groups in total. The van der Waals surface area contributed by atoms with Gasteiger partial charge in [0.1, 0.15) is 5.69 Å². The summed E-state index contributed by atoms with van der Waals surface area (Å²) < 4.78 is 1.97. The van der Waals surface area contributed by atoms with Crippen LogP contribution in [0, 0.1) is 6.92 Å². The maximum absolute atomic E-state index is 13.3. The van der Waals surface area contributed by atoms with Crippen molar-refractivity contribution in [3.63, 3.8) is 0 Å². The summed E-state index contributed by atoms with van der Waals surface area (Å²) in [5, 5.41) is 5.54. The van der Waals surface area contributed by atoms with Crippen molar-refractivity contribution in [2.24, 2.45) is 0 Å². The molecule has 4 rings (SSSR count). The maximum atomic E-state index is 13.3. The molecule has 1 amide bonds. The zero-order chi connectivity index (χ0) is 21.1. The molecule has 0 saturated heterocycles. The van der Waals surface area contributed by atoms with E-state index in [9.17, 15) is 4.79 Å². The zero-order valence-electron chi connectivity index (χ0n) is 17.6. The molecular formula is C25H28ClN3O. The van der Waals surface area contributed by atoms with Crippen molar-refractivity contribution in [3.05, 3.63) is 76.4 Å². The molecule has 30 heavy (non-hydrogen) atoms. The summed E-state index contributed by atoms with van der Waals surface area (Å²) in [5.41, 5.74) is 4.87. The van der Waals surface area contributed by atoms with E-state index in [1.165, 1.54) is 24.0 Å². The van der Waals surface area contributed by atoms with E-state index in [2.05, 4.69) is 38.1 Å². The number of carbonyl (C=O) groups excluding carboxylic acids is 1. The fourth-order valence-electron chi connectivity index (χ4n) is 4.18. The second-order valence-electron chi connectivity index (χ2n) is 8.19. The Morgan fingerprint density at radius 3 is 2.63 bits per heavy atom. The first-order valence-corrected chi connectivity index (χ1v) is 11.1. The average molecular weight is 422 g/mol. The Labute approximate surface area is 183 Å². The number of aryl methyl sites for hydroxylation is 1. The number of hydrogen-bond acceptors (Lipinski definition) is 2. The molecule has 0 aliphatic carbocycles. The van der Waals surface area contributed by atoms with Gasteiger partial charge in [-0.1, -0.05) is 79.7 Å². The zero-order valence-corrected chi connectivity index (χ0v) is 18.4. The Balaban J connectivity index is 1.65. The number of unbranched alkanes of at least 4 members (excludes halogenated alkanes) is 2. The monoisotopic (exact) mass is 421 g/mol. The molecule has 0 fully saturated rings. The molecule has 0 spiro atoms. The van der Waals surface area contributed by atoms with Gasteiger partial charge in [-0.15, -0.1) is 0 Å². The van der Waals surface area contributed by atoms with Crippen LogP contribution in [0.2, 0.25) is 5.02 Å². The lowest BCUT2D eigenvalue weighted by Gasteiger charge is -2.33. The van der Waals surface area contributed by atoms with E-state index in [0.29, 0.717) is 23.8 Å². The van der Waals surface area contributed by atoms with Gasteiger partial charge in [0.25, 0.3) is 5.91 Å². The molecule has 0 radical (unpaired) electrons. The van der Waals surface area contributed by atoms with Gasteiger partial charge < -0.3 is 4.90 Å². The number of nitrogens with zero attached hydrogens (tertiary/aromatic N) is 3. The van der Waals surface area contributed by atoms with Crippen LogP contribution in [0.3, 0.4) is 0 Å². The number of carbonyl (C=O) groups is 1. The molecule has 1 unspecified atom stereocenters. The summed E-state index contributed by atoms with van der Waals surface area (Å²) in [6, 6.07) is 18.2. The van der Waals surface area contributed by atoms with Gasteiger partial charge in [-0.25, -0.2) is 0 Å². The standard InChI is InChI=1S/C25H28ClN3O/c1-3-4-5-9-22-17-28(16-19-8-6-7-18(2)14-19)25(30)24-15-23(27-29(22)24)20-10-12-21(26)13-11-20/h6-8,10-15,22H,3-5,9,16-17H2,1-2H3. The second-order valence-corrected chi connectivity index (χ2v) is 8.63. The minimum absolute atomic E-state index is 0.0518. The van der Waals surface area contributed by atoms with Crippen molar-refractivity contribution >= 4 is 17.5 Å². The van der Waals surface area contributed by atoms with E-state index < -0.39 is 0 Å². The second kappa shape index (κ2) is 9.05. The third-order valence-corrected chi connectivity index (χ3v) is 6.01. The molecule has 2 heterocycles. The quantitative estimate of drug-likeness (QED) is 0.420. The first-order chi connectivity index (χ1) is 14.5. The Hall–Kier alpha value is -2.59. The van der Waals surface area contributed by atoms with Gasteiger partial charge in [0.2, 0.25) is 0 Å². The Kier molecular flexibility index (Phi) is 6.24. The number of rotatable bonds is 7. The van der Waals surface area contributed by atoms with Crippen LogP contribution in [-0.2, 0) is 6.54 Å². The van der Waals surface area contributed by atoms with Crippen LogP contribution in [0.15, 0.2) is 54.6 Å². The molecule has 156 valence electrons.